The van der Waals surface area contributed by atoms with Crippen LogP contribution in [-0.4, -0.2) is 24.2 Å². The first kappa shape index (κ1) is 14.7. The van der Waals surface area contributed by atoms with Gasteiger partial charge in [-0.15, -0.1) is 0 Å². The molecule has 114 valence electrons. The van der Waals surface area contributed by atoms with Gasteiger partial charge in [-0.3, -0.25) is 0 Å². The van der Waals surface area contributed by atoms with E-state index in [-0.39, 0.29) is 0 Å². The first-order valence-corrected chi connectivity index (χ1v) is 8.25. The van der Waals surface area contributed by atoms with Crippen LogP contribution in [0.3, 0.4) is 0 Å². The number of halogens is 1. The van der Waals surface area contributed by atoms with Crippen molar-refractivity contribution >= 4 is 23.3 Å². The van der Waals surface area contributed by atoms with Crippen LogP contribution in [0.25, 0.3) is 0 Å². The number of hydrogen-bond acceptors (Lipinski definition) is 2. The van der Waals surface area contributed by atoms with Crippen molar-refractivity contribution in [3.05, 3.63) is 28.8 Å². The van der Waals surface area contributed by atoms with Gasteiger partial charge < -0.3 is 10.0 Å². The van der Waals surface area contributed by atoms with Crippen molar-refractivity contribution in [3.63, 3.8) is 0 Å². The van der Waals surface area contributed by atoms with E-state index in [4.69, 9.17) is 11.6 Å². The average molecular weight is 308 g/mol. The Hall–Kier alpha value is -1.22. The van der Waals surface area contributed by atoms with E-state index in [0.717, 1.165) is 18.8 Å². The molecule has 0 aromatic heterocycles. The van der Waals surface area contributed by atoms with Crippen molar-refractivity contribution in [1.82, 2.24) is 0 Å². The first-order chi connectivity index (χ1) is 10.1. The van der Waals surface area contributed by atoms with Crippen LogP contribution < -0.4 is 4.90 Å². The molecule has 1 aromatic carbocycles. The summed E-state index contributed by atoms with van der Waals surface area (Å²) in [6.07, 6.45) is 9.15. The lowest BCUT2D eigenvalue weighted by molar-refractivity contribution is 0.0697. The van der Waals surface area contributed by atoms with Gasteiger partial charge in [0.1, 0.15) is 0 Å². The van der Waals surface area contributed by atoms with Gasteiger partial charge in [0, 0.05) is 18.1 Å². The SMILES string of the molecule is O=C(O)c1ccc(Cl)cc1N1CCC2(CCCCC2)CC1. The van der Waals surface area contributed by atoms with Crippen LogP contribution in [0.5, 0.6) is 0 Å². The highest BCUT2D eigenvalue weighted by Crippen LogP contribution is 2.45. The molecule has 0 radical (unpaired) electrons. The summed E-state index contributed by atoms with van der Waals surface area (Å²) < 4.78 is 0. The van der Waals surface area contributed by atoms with E-state index in [1.807, 2.05) is 0 Å². The normalized spacial score (nSPS) is 21.5. The summed E-state index contributed by atoms with van der Waals surface area (Å²) in [7, 11) is 0. The van der Waals surface area contributed by atoms with Crippen molar-refractivity contribution in [3.8, 4) is 0 Å². The molecule has 3 nitrogen and oxygen atoms in total. The minimum absolute atomic E-state index is 0.360. The third-order valence-corrected chi connectivity index (χ3v) is 5.50. The molecule has 1 heterocycles. The summed E-state index contributed by atoms with van der Waals surface area (Å²) >= 11 is 6.06. The van der Waals surface area contributed by atoms with E-state index < -0.39 is 5.97 Å². The number of aromatic carboxylic acids is 1. The molecule has 1 aromatic rings. The van der Waals surface area contributed by atoms with E-state index in [1.54, 1.807) is 18.2 Å². The number of nitrogens with zero attached hydrogens (tertiary/aromatic N) is 1. The highest BCUT2D eigenvalue weighted by Gasteiger charge is 2.36. The number of carboxylic acids is 1. The lowest BCUT2D eigenvalue weighted by atomic mass is 9.68. The number of benzene rings is 1. The molecule has 1 N–H and O–H groups in total. The lowest BCUT2D eigenvalue weighted by Gasteiger charge is -2.45. The van der Waals surface area contributed by atoms with Gasteiger partial charge in [-0.2, -0.15) is 0 Å². The standard InChI is InChI=1S/C17H22ClNO2/c18-13-4-5-14(16(20)21)15(12-13)19-10-8-17(9-11-19)6-2-1-3-7-17/h4-5,12H,1-3,6-11H2,(H,20,21). The van der Waals surface area contributed by atoms with Crippen molar-refractivity contribution in [1.29, 1.82) is 0 Å². The van der Waals surface area contributed by atoms with E-state index in [9.17, 15) is 9.90 Å². The van der Waals surface area contributed by atoms with Gasteiger partial charge in [0.15, 0.2) is 0 Å². The van der Waals surface area contributed by atoms with E-state index in [1.165, 1.54) is 44.9 Å². The van der Waals surface area contributed by atoms with Gasteiger partial charge in [-0.1, -0.05) is 30.9 Å². The quantitative estimate of drug-likeness (QED) is 0.868. The van der Waals surface area contributed by atoms with Gasteiger partial charge in [0.25, 0.3) is 0 Å². The number of piperidine rings is 1. The maximum absolute atomic E-state index is 11.4. The Morgan fingerprint density at radius 3 is 2.38 bits per heavy atom. The van der Waals surface area contributed by atoms with Gasteiger partial charge in [-0.25, -0.2) is 4.79 Å². The van der Waals surface area contributed by atoms with Crippen LogP contribution >= 0.6 is 11.6 Å². The molecule has 0 atom stereocenters. The van der Waals surface area contributed by atoms with Crippen molar-refractivity contribution in [2.45, 2.75) is 44.9 Å². The molecule has 1 saturated carbocycles. The van der Waals surface area contributed by atoms with Gasteiger partial charge in [-0.05, 0) is 49.3 Å². The predicted molar refractivity (Wildman–Crippen MR) is 85.4 cm³/mol. The lowest BCUT2D eigenvalue weighted by Crippen LogP contribution is -2.41. The fourth-order valence-corrected chi connectivity index (χ4v) is 4.14. The molecule has 0 amide bonds. The van der Waals surface area contributed by atoms with Crippen molar-refractivity contribution < 1.29 is 9.90 Å². The zero-order valence-electron chi connectivity index (χ0n) is 12.3. The molecule has 1 aliphatic carbocycles. The smallest absolute Gasteiger partial charge is 0.337 e. The van der Waals surface area contributed by atoms with Crippen LogP contribution in [0.1, 0.15) is 55.3 Å². The summed E-state index contributed by atoms with van der Waals surface area (Å²) in [6.45, 7) is 1.89. The zero-order chi connectivity index (χ0) is 14.9. The molecule has 2 aliphatic rings. The van der Waals surface area contributed by atoms with Crippen LogP contribution in [0.15, 0.2) is 18.2 Å². The second kappa shape index (κ2) is 5.88. The minimum atomic E-state index is -0.875. The average Bonchev–Trinajstić information content (AvgIpc) is 2.48. The molecule has 21 heavy (non-hydrogen) atoms. The molecule has 0 bridgehead atoms. The topological polar surface area (TPSA) is 40.5 Å². The van der Waals surface area contributed by atoms with E-state index in [2.05, 4.69) is 4.90 Å². The highest BCUT2D eigenvalue weighted by atomic mass is 35.5. The molecular weight excluding hydrogens is 286 g/mol. The highest BCUT2D eigenvalue weighted by molar-refractivity contribution is 6.31. The molecule has 1 aliphatic heterocycles. The number of carbonyl (C=O) groups is 1. The maximum Gasteiger partial charge on any atom is 0.337 e. The summed E-state index contributed by atoms with van der Waals surface area (Å²) in [5.74, 6) is -0.875. The van der Waals surface area contributed by atoms with E-state index in [0.29, 0.717) is 16.0 Å². The van der Waals surface area contributed by atoms with Gasteiger partial charge in [0.05, 0.1) is 11.3 Å². The van der Waals surface area contributed by atoms with Crippen LogP contribution in [0.2, 0.25) is 5.02 Å². The molecule has 1 spiro atoms. The second-order valence-corrected chi connectivity index (χ2v) is 6.95. The third kappa shape index (κ3) is 3.03. The molecule has 0 unspecified atom stereocenters. The Morgan fingerprint density at radius 1 is 1.10 bits per heavy atom. The fourth-order valence-electron chi connectivity index (χ4n) is 3.97. The maximum atomic E-state index is 11.4. The zero-order valence-corrected chi connectivity index (χ0v) is 13.0. The largest absolute Gasteiger partial charge is 0.478 e. The summed E-state index contributed by atoms with van der Waals surface area (Å²) in [4.78, 5) is 13.6. The monoisotopic (exact) mass is 307 g/mol. The van der Waals surface area contributed by atoms with Crippen LogP contribution in [0, 0.1) is 5.41 Å². The minimum Gasteiger partial charge on any atom is -0.478 e. The summed E-state index contributed by atoms with van der Waals surface area (Å²) in [5, 5.41) is 9.96. The third-order valence-electron chi connectivity index (χ3n) is 5.27. The predicted octanol–water partition coefficient (Wildman–Crippen LogP) is 4.59. The molecule has 3 rings (SSSR count). The Balaban J connectivity index is 1.77. The Morgan fingerprint density at radius 2 is 1.76 bits per heavy atom. The number of hydrogen-bond donors (Lipinski definition) is 1. The number of rotatable bonds is 2. The molecule has 4 heteroatoms. The Kier molecular flexibility index (Phi) is 4.12. The van der Waals surface area contributed by atoms with Crippen molar-refractivity contribution in [2.24, 2.45) is 5.41 Å². The fraction of sp³-hybridized carbons (Fsp3) is 0.588. The van der Waals surface area contributed by atoms with Crippen molar-refractivity contribution in [2.75, 3.05) is 18.0 Å². The summed E-state index contributed by atoms with van der Waals surface area (Å²) in [6, 6.07) is 5.07. The number of carboxylic acid groups (broad SMARTS) is 1. The number of anilines is 1. The van der Waals surface area contributed by atoms with Gasteiger partial charge in [0.2, 0.25) is 0 Å². The van der Waals surface area contributed by atoms with Crippen LogP contribution in [0.4, 0.5) is 5.69 Å². The summed E-state index contributed by atoms with van der Waals surface area (Å²) in [5.41, 5.74) is 1.66. The Labute approximate surface area is 130 Å². The van der Waals surface area contributed by atoms with Crippen LogP contribution in [-0.2, 0) is 0 Å². The second-order valence-electron chi connectivity index (χ2n) is 6.51. The molecular formula is C17H22ClNO2. The molecule has 2 fully saturated rings. The first-order valence-electron chi connectivity index (χ1n) is 7.88. The Bertz CT molecular complexity index is 528. The molecule has 1 saturated heterocycles. The van der Waals surface area contributed by atoms with Gasteiger partial charge >= 0.3 is 5.97 Å². The van der Waals surface area contributed by atoms with E-state index >= 15 is 0 Å².